The smallest absolute Gasteiger partial charge is 0.303 e. The van der Waals surface area contributed by atoms with Gasteiger partial charge in [0.1, 0.15) is 0 Å². The van der Waals surface area contributed by atoms with Crippen LogP contribution in [0.1, 0.15) is 19.8 Å². The first-order valence-electron chi connectivity index (χ1n) is 4.93. The molecule has 1 rings (SSSR count). The van der Waals surface area contributed by atoms with E-state index in [9.17, 15) is 9.59 Å². The van der Waals surface area contributed by atoms with Gasteiger partial charge >= 0.3 is 5.97 Å². The number of carbonyl (C=O) groups excluding carboxylic acids is 1. The highest BCUT2D eigenvalue weighted by Crippen LogP contribution is 2.09. The zero-order valence-corrected chi connectivity index (χ0v) is 9.47. The van der Waals surface area contributed by atoms with Crippen molar-refractivity contribution in [2.24, 2.45) is 0 Å². The summed E-state index contributed by atoms with van der Waals surface area (Å²) in [5.74, 6) is 0.738. The summed E-state index contributed by atoms with van der Waals surface area (Å²) >= 11 is 1.69. The Hall–Kier alpha value is -0.750. The van der Waals surface area contributed by atoms with E-state index in [0.717, 1.165) is 11.6 Å². The van der Waals surface area contributed by atoms with E-state index in [1.54, 1.807) is 11.8 Å². The molecule has 0 aromatic rings. The molecule has 6 heteroatoms. The van der Waals surface area contributed by atoms with Crippen LogP contribution in [0.4, 0.5) is 0 Å². The highest BCUT2D eigenvalue weighted by molar-refractivity contribution is 7.99. The van der Waals surface area contributed by atoms with Crippen molar-refractivity contribution >= 4 is 23.6 Å². The van der Waals surface area contributed by atoms with Gasteiger partial charge in [0.2, 0.25) is 5.91 Å². The van der Waals surface area contributed by atoms with Crippen LogP contribution >= 0.6 is 11.8 Å². The van der Waals surface area contributed by atoms with E-state index in [0.29, 0.717) is 6.42 Å². The van der Waals surface area contributed by atoms with E-state index >= 15 is 0 Å². The van der Waals surface area contributed by atoms with Crippen LogP contribution in [0.25, 0.3) is 0 Å². The Labute approximate surface area is 93.0 Å². The van der Waals surface area contributed by atoms with Gasteiger partial charge in [-0.05, 0) is 13.3 Å². The van der Waals surface area contributed by atoms with Gasteiger partial charge in [0.05, 0.1) is 6.04 Å². The second kappa shape index (κ2) is 5.97. The Kier molecular flexibility index (Phi) is 4.90. The molecular formula is C9H16N2O3S. The fourth-order valence-electron chi connectivity index (χ4n) is 1.32. The SMILES string of the molecule is CC(CCC(=O)O)NC(=O)C1CSCN1. The second-order valence-corrected chi connectivity index (χ2v) is 4.64. The quantitative estimate of drug-likeness (QED) is 0.623. The average molecular weight is 232 g/mol. The standard InChI is InChI=1S/C9H16N2O3S/c1-6(2-3-8(12)13)11-9(14)7-4-15-5-10-7/h6-7,10H,2-5H2,1H3,(H,11,14)(H,12,13). The highest BCUT2D eigenvalue weighted by atomic mass is 32.2. The van der Waals surface area contributed by atoms with Crippen molar-refractivity contribution in [2.75, 3.05) is 11.6 Å². The summed E-state index contributed by atoms with van der Waals surface area (Å²) in [5, 5.41) is 14.3. The predicted molar refractivity (Wildman–Crippen MR) is 58.7 cm³/mol. The maximum Gasteiger partial charge on any atom is 0.303 e. The van der Waals surface area contributed by atoms with Gasteiger partial charge in [-0.25, -0.2) is 0 Å². The molecule has 1 fully saturated rings. The first-order chi connectivity index (χ1) is 7.09. The van der Waals surface area contributed by atoms with Gasteiger partial charge in [0, 0.05) is 24.1 Å². The Bertz CT molecular complexity index is 242. The summed E-state index contributed by atoms with van der Waals surface area (Å²) in [6.07, 6.45) is 0.565. The number of carboxylic acid groups (broad SMARTS) is 1. The molecule has 0 radical (unpaired) electrons. The molecule has 0 aromatic carbocycles. The molecule has 0 saturated carbocycles. The van der Waals surface area contributed by atoms with Crippen molar-refractivity contribution in [1.82, 2.24) is 10.6 Å². The van der Waals surface area contributed by atoms with Crippen LogP contribution in [-0.2, 0) is 9.59 Å². The van der Waals surface area contributed by atoms with Gasteiger partial charge in [-0.2, -0.15) is 0 Å². The lowest BCUT2D eigenvalue weighted by Crippen LogP contribution is -2.45. The summed E-state index contributed by atoms with van der Waals surface area (Å²) in [5.41, 5.74) is 0. The number of rotatable bonds is 5. The molecule has 5 nitrogen and oxygen atoms in total. The Balaban J connectivity index is 2.21. The zero-order chi connectivity index (χ0) is 11.3. The summed E-state index contributed by atoms with van der Waals surface area (Å²) < 4.78 is 0. The number of nitrogens with one attached hydrogen (secondary N) is 2. The van der Waals surface area contributed by atoms with Crippen LogP contribution in [0, 0.1) is 0 Å². The van der Waals surface area contributed by atoms with E-state index < -0.39 is 5.97 Å². The van der Waals surface area contributed by atoms with Gasteiger partial charge in [0.25, 0.3) is 0 Å². The third kappa shape index (κ3) is 4.53. The van der Waals surface area contributed by atoms with Crippen molar-refractivity contribution in [3.8, 4) is 0 Å². The predicted octanol–water partition coefficient (Wildman–Crippen LogP) is 0.0184. The molecule has 0 aliphatic carbocycles. The molecule has 1 aliphatic rings. The minimum Gasteiger partial charge on any atom is -0.481 e. The van der Waals surface area contributed by atoms with Gasteiger partial charge in [0.15, 0.2) is 0 Å². The lowest BCUT2D eigenvalue weighted by molar-refractivity contribution is -0.137. The van der Waals surface area contributed by atoms with E-state index in [1.807, 2.05) is 6.92 Å². The van der Waals surface area contributed by atoms with E-state index in [2.05, 4.69) is 10.6 Å². The Morgan fingerprint density at radius 1 is 1.67 bits per heavy atom. The molecule has 1 saturated heterocycles. The number of carbonyl (C=O) groups is 2. The van der Waals surface area contributed by atoms with Gasteiger partial charge in [-0.15, -0.1) is 11.8 Å². The van der Waals surface area contributed by atoms with Crippen molar-refractivity contribution in [3.05, 3.63) is 0 Å². The zero-order valence-electron chi connectivity index (χ0n) is 8.66. The minimum absolute atomic E-state index is 0.0297. The summed E-state index contributed by atoms with van der Waals surface area (Å²) in [6, 6.07) is -0.205. The fraction of sp³-hybridized carbons (Fsp3) is 0.778. The van der Waals surface area contributed by atoms with Crippen LogP contribution in [0.15, 0.2) is 0 Å². The van der Waals surface area contributed by atoms with Crippen LogP contribution < -0.4 is 10.6 Å². The monoisotopic (exact) mass is 232 g/mol. The molecule has 2 unspecified atom stereocenters. The molecule has 1 amide bonds. The third-order valence-corrected chi connectivity index (χ3v) is 3.15. The maximum atomic E-state index is 11.6. The van der Waals surface area contributed by atoms with Crippen LogP contribution in [-0.4, -0.2) is 40.7 Å². The van der Waals surface area contributed by atoms with Crippen molar-refractivity contribution in [2.45, 2.75) is 31.8 Å². The topological polar surface area (TPSA) is 78.4 Å². The molecular weight excluding hydrogens is 216 g/mol. The van der Waals surface area contributed by atoms with Gasteiger partial charge in [-0.3, -0.25) is 14.9 Å². The third-order valence-electron chi connectivity index (χ3n) is 2.21. The molecule has 3 N–H and O–H groups in total. The molecule has 1 heterocycles. The van der Waals surface area contributed by atoms with Crippen LogP contribution in [0.3, 0.4) is 0 Å². The number of hydrogen-bond acceptors (Lipinski definition) is 4. The molecule has 86 valence electrons. The van der Waals surface area contributed by atoms with Crippen LogP contribution in [0.2, 0.25) is 0 Å². The van der Waals surface area contributed by atoms with E-state index in [-0.39, 0.29) is 24.4 Å². The van der Waals surface area contributed by atoms with Crippen molar-refractivity contribution in [1.29, 1.82) is 0 Å². The first kappa shape index (κ1) is 12.3. The number of carboxylic acids is 1. The summed E-state index contributed by atoms with van der Waals surface area (Å²) in [6.45, 7) is 1.82. The first-order valence-corrected chi connectivity index (χ1v) is 6.08. The number of aliphatic carboxylic acids is 1. The minimum atomic E-state index is -0.828. The number of thioether (sulfide) groups is 1. The fourth-order valence-corrected chi connectivity index (χ4v) is 2.26. The molecule has 0 spiro atoms. The molecule has 1 aliphatic heterocycles. The number of hydrogen-bond donors (Lipinski definition) is 3. The number of amides is 1. The van der Waals surface area contributed by atoms with Gasteiger partial charge < -0.3 is 10.4 Å². The van der Waals surface area contributed by atoms with E-state index in [1.165, 1.54) is 0 Å². The van der Waals surface area contributed by atoms with Crippen molar-refractivity contribution < 1.29 is 14.7 Å². The lowest BCUT2D eigenvalue weighted by Gasteiger charge is -2.15. The maximum absolute atomic E-state index is 11.6. The average Bonchev–Trinajstić information content (AvgIpc) is 2.67. The second-order valence-electron chi connectivity index (χ2n) is 3.61. The Morgan fingerprint density at radius 2 is 2.40 bits per heavy atom. The van der Waals surface area contributed by atoms with Gasteiger partial charge in [-0.1, -0.05) is 0 Å². The summed E-state index contributed by atoms with van der Waals surface area (Å²) in [4.78, 5) is 21.9. The molecule has 0 bridgehead atoms. The molecule has 15 heavy (non-hydrogen) atoms. The van der Waals surface area contributed by atoms with E-state index in [4.69, 9.17) is 5.11 Å². The summed E-state index contributed by atoms with van der Waals surface area (Å²) in [7, 11) is 0. The normalized spacial score (nSPS) is 22.3. The lowest BCUT2D eigenvalue weighted by atomic mass is 10.1. The molecule has 0 aromatic heterocycles. The van der Waals surface area contributed by atoms with Crippen LogP contribution in [0.5, 0.6) is 0 Å². The molecule has 2 atom stereocenters. The highest BCUT2D eigenvalue weighted by Gasteiger charge is 2.23. The van der Waals surface area contributed by atoms with Crippen molar-refractivity contribution in [3.63, 3.8) is 0 Å². The Morgan fingerprint density at radius 3 is 2.93 bits per heavy atom. The largest absolute Gasteiger partial charge is 0.481 e.